The number of anilines is 5. The number of nitrogens with one attached hydrogen (secondary N) is 1. The Kier molecular flexibility index (Phi) is 6.57. The van der Waals surface area contributed by atoms with E-state index in [9.17, 15) is 14.7 Å². The first-order valence-corrected chi connectivity index (χ1v) is 13.1. The first-order valence-electron chi connectivity index (χ1n) is 12.3. The summed E-state index contributed by atoms with van der Waals surface area (Å²) in [7, 11) is 1.83. The van der Waals surface area contributed by atoms with Crippen LogP contribution in [0, 0.1) is 0 Å². The second kappa shape index (κ2) is 10.1. The van der Waals surface area contributed by atoms with Crippen molar-refractivity contribution < 1.29 is 19.4 Å². The van der Waals surface area contributed by atoms with Crippen molar-refractivity contribution in [2.45, 2.75) is 12.1 Å². The molecule has 2 aromatic carbocycles. The van der Waals surface area contributed by atoms with Crippen molar-refractivity contribution >= 4 is 64.0 Å². The van der Waals surface area contributed by atoms with E-state index in [1.807, 2.05) is 36.2 Å². The number of hydrogen-bond donors (Lipinski definition) is 2. The molecule has 2 N–H and O–H groups in total. The average molecular weight is 570 g/mol. The SMILES string of the molecule is CN1CN(c2c(Cl)cccc2Cl)C(=O)c2cnc(Nc3ccc(N4CC5COCC(C4)N5C(=O)O)cc3)nc21. The van der Waals surface area contributed by atoms with Crippen molar-refractivity contribution in [3.63, 3.8) is 0 Å². The van der Waals surface area contributed by atoms with E-state index in [2.05, 4.69) is 20.2 Å². The highest BCUT2D eigenvalue weighted by atomic mass is 35.5. The molecule has 11 nitrogen and oxygen atoms in total. The first-order chi connectivity index (χ1) is 18.8. The summed E-state index contributed by atoms with van der Waals surface area (Å²) in [6.45, 7) is 2.16. The zero-order valence-electron chi connectivity index (χ0n) is 20.9. The third-order valence-corrected chi connectivity index (χ3v) is 7.76. The fraction of sp³-hybridized carbons (Fsp3) is 0.308. The van der Waals surface area contributed by atoms with Crippen LogP contribution in [0.15, 0.2) is 48.7 Å². The highest BCUT2D eigenvalue weighted by Crippen LogP contribution is 2.37. The molecule has 202 valence electrons. The number of carbonyl (C=O) groups excluding carboxylic acids is 1. The number of halogens is 2. The van der Waals surface area contributed by atoms with Gasteiger partial charge in [-0.3, -0.25) is 14.6 Å². The van der Waals surface area contributed by atoms with Gasteiger partial charge in [-0.1, -0.05) is 29.3 Å². The third kappa shape index (κ3) is 4.66. The normalized spacial score (nSPS) is 20.6. The molecular weight excluding hydrogens is 545 g/mol. The second-order valence-electron chi connectivity index (χ2n) is 9.69. The number of amides is 2. The number of hydrogen-bond acceptors (Lipinski definition) is 8. The van der Waals surface area contributed by atoms with Crippen LogP contribution in [0.2, 0.25) is 10.0 Å². The minimum Gasteiger partial charge on any atom is -0.465 e. The molecule has 2 amide bonds. The monoisotopic (exact) mass is 569 g/mol. The van der Waals surface area contributed by atoms with Crippen molar-refractivity contribution in [3.05, 3.63) is 64.3 Å². The van der Waals surface area contributed by atoms with Crippen molar-refractivity contribution in [3.8, 4) is 0 Å². The van der Waals surface area contributed by atoms with Crippen LogP contribution in [-0.2, 0) is 4.74 Å². The number of morpholine rings is 1. The molecule has 1 aromatic heterocycles. The van der Waals surface area contributed by atoms with Gasteiger partial charge < -0.3 is 25.0 Å². The smallest absolute Gasteiger partial charge is 0.408 e. The Morgan fingerprint density at radius 3 is 2.38 bits per heavy atom. The molecule has 0 radical (unpaired) electrons. The predicted octanol–water partition coefficient (Wildman–Crippen LogP) is 4.15. The average Bonchev–Trinajstić information content (AvgIpc) is 2.91. The molecule has 13 heteroatoms. The van der Waals surface area contributed by atoms with Crippen LogP contribution in [0.4, 0.5) is 33.6 Å². The standard InChI is InChI=1S/C26H25Cl2N7O4/c1-32-14-34(22-20(27)3-2-4-21(22)28)24(36)19-9-29-25(31-23(19)32)30-15-5-7-16(8-6-15)33-10-17-12-39-13-18(11-33)35(17)26(37)38/h2-9,17-18H,10-14H2,1H3,(H,37,38)(H,29,30,31). The summed E-state index contributed by atoms with van der Waals surface area (Å²) in [5.74, 6) is 0.568. The van der Waals surface area contributed by atoms with Gasteiger partial charge in [0, 0.05) is 37.7 Å². The van der Waals surface area contributed by atoms with Gasteiger partial charge in [-0.05, 0) is 36.4 Å². The van der Waals surface area contributed by atoms with Gasteiger partial charge in [0.1, 0.15) is 11.4 Å². The largest absolute Gasteiger partial charge is 0.465 e. The maximum Gasteiger partial charge on any atom is 0.408 e. The summed E-state index contributed by atoms with van der Waals surface area (Å²) in [4.78, 5) is 41.0. The Labute approximate surface area is 234 Å². The van der Waals surface area contributed by atoms with Crippen LogP contribution in [-0.4, -0.2) is 84.1 Å². The van der Waals surface area contributed by atoms with Gasteiger partial charge in [0.25, 0.3) is 5.91 Å². The Balaban J connectivity index is 1.17. The lowest BCUT2D eigenvalue weighted by Crippen LogP contribution is -2.66. The van der Waals surface area contributed by atoms with Crippen molar-refractivity contribution in [2.24, 2.45) is 0 Å². The number of carboxylic acid groups (broad SMARTS) is 1. The number of piperazine rings is 1. The Morgan fingerprint density at radius 1 is 1.08 bits per heavy atom. The minimum atomic E-state index is -0.898. The fourth-order valence-electron chi connectivity index (χ4n) is 5.35. The molecule has 3 aliphatic rings. The molecule has 2 bridgehead atoms. The van der Waals surface area contributed by atoms with Gasteiger partial charge in [-0.15, -0.1) is 0 Å². The number of para-hydroxylation sites is 1. The van der Waals surface area contributed by atoms with E-state index in [1.165, 1.54) is 16.0 Å². The maximum atomic E-state index is 13.3. The molecule has 3 aromatic rings. The lowest BCUT2D eigenvalue weighted by molar-refractivity contribution is -0.0449. The summed E-state index contributed by atoms with van der Waals surface area (Å²) >= 11 is 12.7. The molecule has 39 heavy (non-hydrogen) atoms. The van der Waals surface area contributed by atoms with Crippen LogP contribution < -0.4 is 20.0 Å². The predicted molar refractivity (Wildman–Crippen MR) is 149 cm³/mol. The van der Waals surface area contributed by atoms with Gasteiger partial charge >= 0.3 is 6.09 Å². The number of carbonyl (C=O) groups is 2. The van der Waals surface area contributed by atoms with Gasteiger partial charge in [0.15, 0.2) is 0 Å². The number of benzene rings is 2. The number of aromatic nitrogens is 2. The van der Waals surface area contributed by atoms with Gasteiger partial charge in [-0.2, -0.15) is 4.98 Å². The third-order valence-electron chi connectivity index (χ3n) is 7.15. The highest BCUT2D eigenvalue weighted by molar-refractivity contribution is 6.40. The fourth-order valence-corrected chi connectivity index (χ4v) is 5.96. The van der Waals surface area contributed by atoms with Crippen LogP contribution >= 0.6 is 23.2 Å². The van der Waals surface area contributed by atoms with Crippen LogP contribution in [0.5, 0.6) is 0 Å². The van der Waals surface area contributed by atoms with E-state index in [4.69, 9.17) is 27.9 Å². The van der Waals surface area contributed by atoms with E-state index in [0.717, 1.165) is 11.4 Å². The minimum absolute atomic E-state index is 0.193. The molecule has 0 spiro atoms. The molecule has 2 fully saturated rings. The number of fused-ring (bicyclic) bond motifs is 3. The summed E-state index contributed by atoms with van der Waals surface area (Å²) in [6.07, 6.45) is 0.600. The Bertz CT molecular complexity index is 1410. The van der Waals surface area contributed by atoms with Crippen LogP contribution in [0.1, 0.15) is 10.4 Å². The maximum absolute atomic E-state index is 13.3. The number of nitrogens with zero attached hydrogens (tertiary/aromatic N) is 6. The van der Waals surface area contributed by atoms with E-state index in [1.54, 1.807) is 18.2 Å². The van der Waals surface area contributed by atoms with Crippen molar-refractivity contribution in [1.82, 2.24) is 14.9 Å². The molecule has 0 aliphatic carbocycles. The van der Waals surface area contributed by atoms with E-state index in [0.29, 0.717) is 59.4 Å². The highest BCUT2D eigenvalue weighted by Gasteiger charge is 2.41. The lowest BCUT2D eigenvalue weighted by Gasteiger charge is -2.49. The van der Waals surface area contributed by atoms with E-state index < -0.39 is 6.09 Å². The summed E-state index contributed by atoms with van der Waals surface area (Å²) < 4.78 is 5.58. The van der Waals surface area contributed by atoms with Crippen molar-refractivity contribution in [2.75, 3.05) is 60.0 Å². The summed E-state index contributed by atoms with van der Waals surface area (Å²) in [5, 5.41) is 13.5. The van der Waals surface area contributed by atoms with Gasteiger partial charge in [-0.25, -0.2) is 9.78 Å². The molecule has 2 saturated heterocycles. The molecule has 6 rings (SSSR count). The number of ether oxygens (including phenoxy) is 1. The molecule has 3 aliphatic heterocycles. The lowest BCUT2D eigenvalue weighted by atomic mass is 10.0. The number of rotatable bonds is 4. The molecule has 2 unspecified atom stereocenters. The molecule has 2 atom stereocenters. The zero-order valence-corrected chi connectivity index (χ0v) is 22.4. The van der Waals surface area contributed by atoms with Crippen molar-refractivity contribution in [1.29, 1.82) is 0 Å². The molecular formula is C26H25Cl2N7O4. The second-order valence-corrected chi connectivity index (χ2v) is 10.5. The van der Waals surface area contributed by atoms with Gasteiger partial charge in [0.2, 0.25) is 5.95 Å². The molecule has 4 heterocycles. The van der Waals surface area contributed by atoms with Gasteiger partial charge in [0.05, 0.1) is 47.7 Å². The van der Waals surface area contributed by atoms with E-state index in [-0.39, 0.29) is 24.7 Å². The van der Waals surface area contributed by atoms with E-state index >= 15 is 0 Å². The Morgan fingerprint density at radius 2 is 1.74 bits per heavy atom. The zero-order chi connectivity index (χ0) is 27.3. The first kappa shape index (κ1) is 25.5. The Hall–Kier alpha value is -3.80. The quantitative estimate of drug-likeness (QED) is 0.478. The summed E-state index contributed by atoms with van der Waals surface area (Å²) in [5.41, 5.74) is 2.57. The van der Waals surface area contributed by atoms with Crippen LogP contribution in [0.25, 0.3) is 0 Å². The van der Waals surface area contributed by atoms with Crippen LogP contribution in [0.3, 0.4) is 0 Å². The summed E-state index contributed by atoms with van der Waals surface area (Å²) in [6, 6.07) is 12.5. The topological polar surface area (TPSA) is 114 Å². The molecule has 0 saturated carbocycles.